The van der Waals surface area contributed by atoms with Crippen molar-refractivity contribution in [1.29, 1.82) is 0 Å². The highest BCUT2D eigenvalue weighted by molar-refractivity contribution is 5.22. The number of hydrogen-bond donors (Lipinski definition) is 2. The normalized spacial score (nSPS) is 14.0. The molecule has 0 fully saturated rings. The lowest BCUT2D eigenvalue weighted by atomic mass is 10.1. The molecule has 0 radical (unpaired) electrons. The second-order valence-corrected chi connectivity index (χ2v) is 4.57. The third-order valence-electron chi connectivity index (χ3n) is 3.13. The molecule has 106 valence electrons. The van der Waals surface area contributed by atoms with Crippen LogP contribution >= 0.6 is 0 Å². The summed E-state index contributed by atoms with van der Waals surface area (Å²) in [5.74, 6) is -1.48. The van der Waals surface area contributed by atoms with E-state index in [2.05, 4.69) is 10.3 Å². The van der Waals surface area contributed by atoms with E-state index >= 15 is 0 Å². The van der Waals surface area contributed by atoms with Crippen LogP contribution in [0.15, 0.2) is 42.7 Å². The SMILES string of the molecule is CC(NCC(O)c1c(F)cccc1F)c1cccnc1. The molecule has 5 heteroatoms. The summed E-state index contributed by atoms with van der Waals surface area (Å²) in [5.41, 5.74) is 0.632. The fourth-order valence-electron chi connectivity index (χ4n) is 1.97. The summed E-state index contributed by atoms with van der Waals surface area (Å²) in [6.45, 7) is 1.94. The zero-order valence-electron chi connectivity index (χ0n) is 11.1. The zero-order valence-corrected chi connectivity index (χ0v) is 11.1. The van der Waals surface area contributed by atoms with Crippen LogP contribution < -0.4 is 5.32 Å². The Hall–Kier alpha value is -1.85. The number of nitrogens with one attached hydrogen (secondary N) is 1. The van der Waals surface area contributed by atoms with E-state index in [0.29, 0.717) is 0 Å². The van der Waals surface area contributed by atoms with E-state index in [9.17, 15) is 13.9 Å². The van der Waals surface area contributed by atoms with E-state index in [4.69, 9.17) is 0 Å². The Morgan fingerprint density at radius 1 is 1.20 bits per heavy atom. The van der Waals surface area contributed by atoms with E-state index in [0.717, 1.165) is 17.7 Å². The topological polar surface area (TPSA) is 45.1 Å². The number of aliphatic hydroxyl groups excluding tert-OH is 1. The number of halogens is 2. The monoisotopic (exact) mass is 278 g/mol. The van der Waals surface area contributed by atoms with Gasteiger partial charge in [-0.15, -0.1) is 0 Å². The Morgan fingerprint density at radius 2 is 1.90 bits per heavy atom. The number of nitrogens with zero attached hydrogens (tertiary/aromatic N) is 1. The summed E-state index contributed by atoms with van der Waals surface area (Å²) < 4.78 is 27.0. The van der Waals surface area contributed by atoms with Crippen molar-refractivity contribution in [3.05, 3.63) is 65.5 Å². The fraction of sp³-hybridized carbons (Fsp3) is 0.267. The van der Waals surface area contributed by atoms with Gasteiger partial charge in [-0.3, -0.25) is 4.98 Å². The van der Waals surface area contributed by atoms with Crippen LogP contribution in [0.2, 0.25) is 0 Å². The lowest BCUT2D eigenvalue weighted by Crippen LogP contribution is -2.25. The summed E-state index contributed by atoms with van der Waals surface area (Å²) in [4.78, 5) is 4.00. The molecule has 0 aliphatic carbocycles. The van der Waals surface area contributed by atoms with Crippen molar-refractivity contribution >= 4 is 0 Å². The van der Waals surface area contributed by atoms with Gasteiger partial charge in [-0.25, -0.2) is 8.78 Å². The predicted octanol–water partition coefficient (Wildman–Crippen LogP) is 2.74. The molecule has 0 bridgehead atoms. The molecule has 0 spiro atoms. The molecule has 1 aromatic carbocycles. The minimum absolute atomic E-state index is 0.0495. The summed E-state index contributed by atoms with van der Waals surface area (Å²) in [6.07, 6.45) is 2.13. The molecular formula is C15H16F2N2O. The molecule has 2 atom stereocenters. The average Bonchev–Trinajstić information content (AvgIpc) is 2.45. The second kappa shape index (κ2) is 6.54. The Balaban J connectivity index is 2.00. The van der Waals surface area contributed by atoms with Crippen LogP contribution in [0.3, 0.4) is 0 Å². The fourth-order valence-corrected chi connectivity index (χ4v) is 1.97. The number of aliphatic hydroxyl groups is 1. The molecule has 0 saturated carbocycles. The molecule has 20 heavy (non-hydrogen) atoms. The maximum absolute atomic E-state index is 13.5. The lowest BCUT2D eigenvalue weighted by molar-refractivity contribution is 0.161. The van der Waals surface area contributed by atoms with Crippen molar-refractivity contribution in [2.24, 2.45) is 0 Å². The highest BCUT2D eigenvalue weighted by Gasteiger charge is 2.18. The molecule has 0 aliphatic rings. The Bertz CT molecular complexity index is 543. The van der Waals surface area contributed by atoms with Gasteiger partial charge in [-0.1, -0.05) is 12.1 Å². The zero-order chi connectivity index (χ0) is 14.5. The molecular weight excluding hydrogens is 262 g/mol. The minimum atomic E-state index is -1.24. The largest absolute Gasteiger partial charge is 0.387 e. The standard InChI is InChI=1S/C15H16F2N2O/c1-10(11-4-3-7-18-8-11)19-9-14(20)15-12(16)5-2-6-13(15)17/h2-8,10,14,19-20H,9H2,1H3. The number of benzene rings is 1. The summed E-state index contributed by atoms with van der Waals surface area (Å²) in [6, 6.07) is 7.15. The van der Waals surface area contributed by atoms with Gasteiger partial charge in [-0.2, -0.15) is 0 Å². The molecule has 2 unspecified atom stereocenters. The van der Waals surface area contributed by atoms with Gasteiger partial charge in [0.1, 0.15) is 11.6 Å². The number of aromatic nitrogens is 1. The van der Waals surface area contributed by atoms with Crippen LogP contribution in [0.1, 0.15) is 30.2 Å². The van der Waals surface area contributed by atoms with E-state index in [-0.39, 0.29) is 18.2 Å². The van der Waals surface area contributed by atoms with Gasteiger partial charge in [0.05, 0.1) is 11.7 Å². The highest BCUT2D eigenvalue weighted by Crippen LogP contribution is 2.21. The van der Waals surface area contributed by atoms with Crippen molar-refractivity contribution in [2.75, 3.05) is 6.54 Å². The van der Waals surface area contributed by atoms with Crippen LogP contribution in [0.5, 0.6) is 0 Å². The predicted molar refractivity (Wildman–Crippen MR) is 72.0 cm³/mol. The summed E-state index contributed by atoms with van der Waals surface area (Å²) in [5, 5.41) is 12.9. The Morgan fingerprint density at radius 3 is 2.50 bits per heavy atom. The van der Waals surface area contributed by atoms with E-state index in [1.807, 2.05) is 13.0 Å². The molecule has 0 amide bonds. The van der Waals surface area contributed by atoms with Crippen LogP contribution in [0, 0.1) is 11.6 Å². The lowest BCUT2D eigenvalue weighted by Gasteiger charge is -2.18. The van der Waals surface area contributed by atoms with Gasteiger partial charge < -0.3 is 10.4 Å². The van der Waals surface area contributed by atoms with Crippen LogP contribution in [-0.4, -0.2) is 16.6 Å². The molecule has 2 rings (SSSR count). The van der Waals surface area contributed by atoms with Crippen molar-refractivity contribution in [3.8, 4) is 0 Å². The van der Waals surface area contributed by atoms with Gasteiger partial charge >= 0.3 is 0 Å². The van der Waals surface area contributed by atoms with Crippen LogP contribution in [-0.2, 0) is 0 Å². The van der Waals surface area contributed by atoms with Gasteiger partial charge in [0.25, 0.3) is 0 Å². The molecule has 1 aromatic heterocycles. The van der Waals surface area contributed by atoms with Crippen molar-refractivity contribution in [2.45, 2.75) is 19.1 Å². The first-order chi connectivity index (χ1) is 9.59. The van der Waals surface area contributed by atoms with Crippen LogP contribution in [0.4, 0.5) is 8.78 Å². The summed E-state index contributed by atoms with van der Waals surface area (Å²) >= 11 is 0. The Kier molecular flexibility index (Phi) is 4.76. The first-order valence-corrected chi connectivity index (χ1v) is 6.35. The van der Waals surface area contributed by atoms with E-state index < -0.39 is 17.7 Å². The molecule has 0 saturated heterocycles. The van der Waals surface area contributed by atoms with Crippen molar-refractivity contribution < 1.29 is 13.9 Å². The van der Waals surface area contributed by atoms with Gasteiger partial charge in [0.2, 0.25) is 0 Å². The third-order valence-corrected chi connectivity index (χ3v) is 3.13. The van der Waals surface area contributed by atoms with Crippen molar-refractivity contribution in [3.63, 3.8) is 0 Å². The third kappa shape index (κ3) is 3.37. The molecule has 3 nitrogen and oxygen atoms in total. The van der Waals surface area contributed by atoms with Crippen LogP contribution in [0.25, 0.3) is 0 Å². The number of pyridine rings is 1. The first-order valence-electron chi connectivity index (χ1n) is 6.35. The van der Waals surface area contributed by atoms with E-state index in [1.54, 1.807) is 18.5 Å². The smallest absolute Gasteiger partial charge is 0.131 e. The minimum Gasteiger partial charge on any atom is -0.387 e. The number of hydrogen-bond acceptors (Lipinski definition) is 3. The first kappa shape index (κ1) is 14.6. The highest BCUT2D eigenvalue weighted by atomic mass is 19.1. The molecule has 2 N–H and O–H groups in total. The molecule has 1 heterocycles. The maximum Gasteiger partial charge on any atom is 0.131 e. The van der Waals surface area contributed by atoms with Gasteiger partial charge in [0, 0.05) is 25.0 Å². The number of rotatable bonds is 5. The van der Waals surface area contributed by atoms with Crippen molar-refractivity contribution in [1.82, 2.24) is 10.3 Å². The van der Waals surface area contributed by atoms with Gasteiger partial charge in [-0.05, 0) is 30.7 Å². The summed E-state index contributed by atoms with van der Waals surface area (Å²) in [7, 11) is 0. The van der Waals surface area contributed by atoms with E-state index in [1.165, 1.54) is 6.07 Å². The molecule has 0 aliphatic heterocycles. The quantitative estimate of drug-likeness (QED) is 0.884. The second-order valence-electron chi connectivity index (χ2n) is 4.57. The average molecular weight is 278 g/mol. The van der Waals surface area contributed by atoms with Gasteiger partial charge in [0.15, 0.2) is 0 Å². The molecule has 2 aromatic rings. The Labute approximate surface area is 116 Å². The maximum atomic E-state index is 13.5.